The molecule has 2 aromatic rings. The Morgan fingerprint density at radius 3 is 2.06 bits per heavy atom. The molecule has 3 rings (SSSR count). The van der Waals surface area contributed by atoms with Gasteiger partial charge in [0.15, 0.2) is 0 Å². The summed E-state index contributed by atoms with van der Waals surface area (Å²) >= 11 is 0. The Hall–Kier alpha value is -3.30. The van der Waals surface area contributed by atoms with Crippen molar-refractivity contribution in [1.29, 1.82) is 0 Å². The number of rotatable bonds is 6. The maximum atomic E-state index is 13.6. The highest BCUT2D eigenvalue weighted by molar-refractivity contribution is 6.01. The molecule has 9 heteroatoms. The second-order valence-electron chi connectivity index (χ2n) is 7.83. The van der Waals surface area contributed by atoms with E-state index in [0.29, 0.717) is 26.2 Å². The molecule has 1 aliphatic heterocycles. The van der Waals surface area contributed by atoms with Gasteiger partial charge in [-0.15, -0.1) is 0 Å². The highest BCUT2D eigenvalue weighted by Crippen LogP contribution is 2.18. The zero-order valence-corrected chi connectivity index (χ0v) is 18.3. The normalized spacial score (nSPS) is 14.6. The van der Waals surface area contributed by atoms with Crippen LogP contribution in [0.25, 0.3) is 0 Å². The molecule has 0 aliphatic carbocycles. The van der Waals surface area contributed by atoms with Crippen LogP contribution in [-0.4, -0.2) is 66.9 Å². The number of nitrogens with one attached hydrogen (secondary N) is 3. The predicted molar refractivity (Wildman–Crippen MR) is 121 cm³/mol. The van der Waals surface area contributed by atoms with Gasteiger partial charge in [0.25, 0.3) is 0 Å². The average molecular weight is 442 g/mol. The van der Waals surface area contributed by atoms with Gasteiger partial charge < -0.3 is 10.6 Å². The van der Waals surface area contributed by atoms with Crippen LogP contribution < -0.4 is 16.0 Å². The monoisotopic (exact) mass is 441 g/mol. The number of carbonyl (C=O) groups excluding carboxylic acids is 3. The summed E-state index contributed by atoms with van der Waals surface area (Å²) in [6.07, 6.45) is 0. The van der Waals surface area contributed by atoms with Crippen LogP contribution in [-0.2, 0) is 9.59 Å². The lowest BCUT2D eigenvalue weighted by molar-refractivity contribution is -0.122. The van der Waals surface area contributed by atoms with Gasteiger partial charge in [-0.1, -0.05) is 24.3 Å². The van der Waals surface area contributed by atoms with Crippen molar-refractivity contribution in [1.82, 2.24) is 15.1 Å². The molecule has 0 radical (unpaired) electrons. The predicted octanol–water partition coefficient (Wildman–Crippen LogP) is 2.35. The molecule has 2 aromatic carbocycles. The number of urea groups is 1. The van der Waals surface area contributed by atoms with E-state index in [0.717, 1.165) is 16.8 Å². The summed E-state index contributed by atoms with van der Waals surface area (Å²) in [6.45, 7) is 6.77. The standard InChI is InChI=1S/C23H28FN5O3/c1-16-6-5-9-19(17(16)2)25-21(30)14-28-10-12-29(13-11-28)15-22(31)27-23(32)26-20-8-4-3-7-18(20)24/h3-9H,10-15H2,1-2H3,(H,25,30)(H2,26,27,31,32). The number of amides is 4. The molecule has 0 saturated carbocycles. The zero-order valence-electron chi connectivity index (χ0n) is 18.3. The number of para-hydroxylation sites is 1. The maximum Gasteiger partial charge on any atom is 0.326 e. The first-order chi connectivity index (χ1) is 15.3. The summed E-state index contributed by atoms with van der Waals surface area (Å²) < 4.78 is 13.6. The van der Waals surface area contributed by atoms with Gasteiger partial charge in [0.1, 0.15) is 5.82 Å². The first-order valence-corrected chi connectivity index (χ1v) is 10.5. The molecule has 1 saturated heterocycles. The minimum absolute atomic E-state index is 0.00514. The zero-order chi connectivity index (χ0) is 23.1. The minimum Gasteiger partial charge on any atom is -0.325 e. The van der Waals surface area contributed by atoms with E-state index in [1.807, 2.05) is 41.8 Å². The molecule has 3 N–H and O–H groups in total. The summed E-state index contributed by atoms with van der Waals surface area (Å²) in [5, 5.41) is 7.48. The van der Waals surface area contributed by atoms with Crippen LogP contribution >= 0.6 is 0 Å². The number of halogens is 1. The van der Waals surface area contributed by atoms with Gasteiger partial charge in [-0.3, -0.25) is 24.7 Å². The van der Waals surface area contributed by atoms with E-state index in [1.54, 1.807) is 6.07 Å². The van der Waals surface area contributed by atoms with E-state index in [9.17, 15) is 18.8 Å². The molecule has 0 spiro atoms. The molecule has 1 heterocycles. The highest BCUT2D eigenvalue weighted by atomic mass is 19.1. The van der Waals surface area contributed by atoms with E-state index in [-0.39, 0.29) is 24.7 Å². The molecule has 1 fully saturated rings. The molecule has 0 bridgehead atoms. The van der Waals surface area contributed by atoms with Gasteiger partial charge >= 0.3 is 6.03 Å². The van der Waals surface area contributed by atoms with E-state index in [1.165, 1.54) is 18.2 Å². The fourth-order valence-electron chi connectivity index (χ4n) is 3.47. The number of imide groups is 1. The number of aryl methyl sites for hydroxylation is 1. The Labute approximate surface area is 186 Å². The number of hydrogen-bond acceptors (Lipinski definition) is 5. The van der Waals surface area contributed by atoms with Crippen molar-refractivity contribution in [3.63, 3.8) is 0 Å². The fraction of sp³-hybridized carbons (Fsp3) is 0.348. The van der Waals surface area contributed by atoms with Crippen LogP contribution in [0.3, 0.4) is 0 Å². The maximum absolute atomic E-state index is 13.6. The third kappa shape index (κ3) is 6.60. The van der Waals surface area contributed by atoms with Crippen LogP contribution in [0.2, 0.25) is 0 Å². The van der Waals surface area contributed by atoms with Gasteiger partial charge in [0.05, 0.1) is 18.8 Å². The van der Waals surface area contributed by atoms with E-state index < -0.39 is 17.8 Å². The summed E-state index contributed by atoms with van der Waals surface area (Å²) in [5.41, 5.74) is 3.00. The number of hydrogen-bond donors (Lipinski definition) is 3. The highest BCUT2D eigenvalue weighted by Gasteiger charge is 2.21. The van der Waals surface area contributed by atoms with Crippen molar-refractivity contribution < 1.29 is 18.8 Å². The van der Waals surface area contributed by atoms with Crippen LogP contribution in [0.15, 0.2) is 42.5 Å². The van der Waals surface area contributed by atoms with Crippen LogP contribution in [0, 0.1) is 19.7 Å². The van der Waals surface area contributed by atoms with Gasteiger partial charge in [-0.2, -0.15) is 0 Å². The first-order valence-electron chi connectivity index (χ1n) is 10.5. The number of piperazine rings is 1. The SMILES string of the molecule is Cc1cccc(NC(=O)CN2CCN(CC(=O)NC(=O)Nc3ccccc3F)CC2)c1C. The smallest absolute Gasteiger partial charge is 0.325 e. The number of carbonyl (C=O) groups is 3. The Morgan fingerprint density at radius 2 is 1.41 bits per heavy atom. The van der Waals surface area contributed by atoms with E-state index in [4.69, 9.17) is 0 Å². The van der Waals surface area contributed by atoms with Crippen molar-refractivity contribution in [3.8, 4) is 0 Å². The van der Waals surface area contributed by atoms with Crippen LogP contribution in [0.4, 0.5) is 20.6 Å². The Kier molecular flexibility index (Phi) is 7.91. The molecule has 0 unspecified atom stereocenters. The number of benzene rings is 2. The van der Waals surface area contributed by atoms with Gasteiger partial charge in [-0.25, -0.2) is 9.18 Å². The third-order valence-corrected chi connectivity index (χ3v) is 5.45. The van der Waals surface area contributed by atoms with E-state index in [2.05, 4.69) is 16.0 Å². The second-order valence-corrected chi connectivity index (χ2v) is 7.83. The molecule has 0 atom stereocenters. The third-order valence-electron chi connectivity index (χ3n) is 5.45. The van der Waals surface area contributed by atoms with Crippen LogP contribution in [0.5, 0.6) is 0 Å². The lowest BCUT2D eigenvalue weighted by atomic mass is 10.1. The largest absolute Gasteiger partial charge is 0.326 e. The van der Waals surface area contributed by atoms with Crippen molar-refractivity contribution in [2.75, 3.05) is 49.9 Å². The Balaban J connectivity index is 1.38. The summed E-state index contributed by atoms with van der Waals surface area (Å²) in [4.78, 5) is 40.4. The van der Waals surface area contributed by atoms with Gasteiger partial charge in [-0.05, 0) is 43.2 Å². The molecule has 4 amide bonds. The van der Waals surface area contributed by atoms with Crippen molar-refractivity contribution in [3.05, 3.63) is 59.4 Å². The van der Waals surface area contributed by atoms with Crippen molar-refractivity contribution >= 4 is 29.2 Å². The fourth-order valence-corrected chi connectivity index (χ4v) is 3.47. The van der Waals surface area contributed by atoms with Gasteiger partial charge in [0.2, 0.25) is 11.8 Å². The number of nitrogens with zero attached hydrogens (tertiary/aromatic N) is 2. The van der Waals surface area contributed by atoms with Crippen molar-refractivity contribution in [2.24, 2.45) is 0 Å². The molecule has 32 heavy (non-hydrogen) atoms. The summed E-state index contributed by atoms with van der Waals surface area (Å²) in [5.74, 6) is -1.12. The topological polar surface area (TPSA) is 93.8 Å². The first kappa shape index (κ1) is 23.4. The second kappa shape index (κ2) is 10.8. The molecular weight excluding hydrogens is 413 g/mol. The van der Waals surface area contributed by atoms with Gasteiger partial charge in [0, 0.05) is 31.9 Å². The van der Waals surface area contributed by atoms with E-state index >= 15 is 0 Å². The molecule has 170 valence electrons. The molecule has 1 aliphatic rings. The lowest BCUT2D eigenvalue weighted by Gasteiger charge is -2.33. The van der Waals surface area contributed by atoms with Crippen molar-refractivity contribution in [2.45, 2.75) is 13.8 Å². The Morgan fingerprint density at radius 1 is 0.812 bits per heavy atom. The molecule has 0 aromatic heterocycles. The minimum atomic E-state index is -0.776. The molecular formula is C23H28FN5O3. The quantitative estimate of drug-likeness (QED) is 0.640. The lowest BCUT2D eigenvalue weighted by Crippen LogP contribution is -2.51. The number of anilines is 2. The molecule has 8 nitrogen and oxygen atoms in total. The average Bonchev–Trinajstić information content (AvgIpc) is 2.74. The Bertz CT molecular complexity index is 989. The summed E-state index contributed by atoms with van der Waals surface area (Å²) in [7, 11) is 0. The summed E-state index contributed by atoms with van der Waals surface area (Å²) in [6, 6.07) is 10.8. The van der Waals surface area contributed by atoms with Crippen LogP contribution in [0.1, 0.15) is 11.1 Å².